The van der Waals surface area contributed by atoms with Crippen LogP contribution in [0.5, 0.6) is 0 Å². The van der Waals surface area contributed by atoms with Gasteiger partial charge in [0.2, 0.25) is 5.90 Å². The fourth-order valence-corrected chi connectivity index (χ4v) is 4.11. The van der Waals surface area contributed by atoms with Gasteiger partial charge in [-0.25, -0.2) is 9.78 Å². The van der Waals surface area contributed by atoms with Crippen molar-refractivity contribution in [1.82, 2.24) is 10.3 Å². The summed E-state index contributed by atoms with van der Waals surface area (Å²) in [7, 11) is 0. The number of aromatic nitrogens is 1. The number of benzene rings is 2. The van der Waals surface area contributed by atoms with Crippen LogP contribution < -0.4 is 15.5 Å². The zero-order valence-electron chi connectivity index (χ0n) is 19.2. The number of morpholine rings is 1. The highest BCUT2D eigenvalue weighted by molar-refractivity contribution is 6.05. The second kappa shape index (κ2) is 10.1. The van der Waals surface area contributed by atoms with Crippen LogP contribution in [0.1, 0.15) is 16.1 Å². The van der Waals surface area contributed by atoms with Crippen LogP contribution in [0, 0.1) is 5.41 Å². The van der Waals surface area contributed by atoms with Crippen LogP contribution in [-0.2, 0) is 9.47 Å². The van der Waals surface area contributed by atoms with E-state index in [0.29, 0.717) is 37.4 Å². The monoisotopic (exact) mass is 473 g/mol. The van der Waals surface area contributed by atoms with Crippen molar-refractivity contribution in [2.24, 2.45) is 0 Å². The topological polar surface area (TPSA) is 120 Å². The number of ether oxygens (including phenoxy) is 2. The molecule has 2 fully saturated rings. The van der Waals surface area contributed by atoms with E-state index in [0.717, 1.165) is 30.0 Å². The van der Waals surface area contributed by atoms with Crippen molar-refractivity contribution in [3.05, 3.63) is 71.9 Å². The van der Waals surface area contributed by atoms with Gasteiger partial charge >= 0.3 is 5.97 Å². The lowest BCUT2D eigenvalue weighted by Crippen LogP contribution is -2.49. The number of hydrogen-bond acceptors (Lipinski definition) is 8. The Hall–Kier alpha value is -3.95. The molecule has 0 aliphatic carbocycles. The van der Waals surface area contributed by atoms with E-state index in [1.54, 1.807) is 0 Å². The Kier molecular flexibility index (Phi) is 6.60. The van der Waals surface area contributed by atoms with Gasteiger partial charge < -0.3 is 30.1 Å². The second-order valence-corrected chi connectivity index (χ2v) is 8.45. The molecule has 2 aliphatic rings. The normalized spacial score (nSPS) is 15.8. The number of aromatic carboxylic acids is 1. The van der Waals surface area contributed by atoms with E-state index in [9.17, 15) is 9.90 Å². The molecule has 0 bridgehead atoms. The lowest BCUT2D eigenvalue weighted by Gasteiger charge is -2.29. The Morgan fingerprint density at radius 3 is 2.46 bits per heavy atom. The van der Waals surface area contributed by atoms with Crippen molar-refractivity contribution in [1.29, 1.82) is 5.41 Å². The summed E-state index contributed by atoms with van der Waals surface area (Å²) in [5, 5.41) is 24.9. The molecule has 4 N–H and O–H groups in total. The molecule has 2 saturated heterocycles. The van der Waals surface area contributed by atoms with E-state index in [2.05, 4.69) is 20.5 Å². The van der Waals surface area contributed by atoms with Crippen molar-refractivity contribution in [2.45, 2.75) is 6.10 Å². The fourth-order valence-electron chi connectivity index (χ4n) is 4.11. The number of nitrogens with zero attached hydrogens (tertiary/aromatic N) is 2. The summed E-state index contributed by atoms with van der Waals surface area (Å²) in [5.74, 6) is -0.929. The summed E-state index contributed by atoms with van der Waals surface area (Å²) in [5.41, 5.74) is 3.46. The predicted molar refractivity (Wildman–Crippen MR) is 134 cm³/mol. The Bertz CT molecular complexity index is 1210. The van der Waals surface area contributed by atoms with Gasteiger partial charge in [0, 0.05) is 43.1 Å². The lowest BCUT2D eigenvalue weighted by molar-refractivity contribution is 0.0690. The molecule has 0 spiro atoms. The zero-order chi connectivity index (χ0) is 24.2. The van der Waals surface area contributed by atoms with E-state index in [-0.39, 0.29) is 23.5 Å². The van der Waals surface area contributed by atoms with Crippen LogP contribution in [0.2, 0.25) is 0 Å². The first-order chi connectivity index (χ1) is 17.1. The number of carboxylic acid groups (broad SMARTS) is 1. The van der Waals surface area contributed by atoms with Gasteiger partial charge in [-0.15, -0.1) is 0 Å². The highest BCUT2D eigenvalue weighted by Crippen LogP contribution is 2.33. The average molecular weight is 474 g/mol. The maximum Gasteiger partial charge on any atom is 0.354 e. The first kappa shape index (κ1) is 22.8. The number of hydrogen-bond donors (Lipinski definition) is 4. The maximum atomic E-state index is 12.0. The van der Waals surface area contributed by atoms with Crippen LogP contribution >= 0.6 is 0 Å². The Morgan fingerprint density at radius 2 is 1.83 bits per heavy atom. The molecule has 35 heavy (non-hydrogen) atoms. The van der Waals surface area contributed by atoms with Gasteiger partial charge in [0.05, 0.1) is 18.8 Å². The third-order valence-corrected chi connectivity index (χ3v) is 6.09. The first-order valence-electron chi connectivity index (χ1n) is 11.6. The lowest BCUT2D eigenvalue weighted by atomic mass is 9.98. The van der Waals surface area contributed by atoms with Crippen LogP contribution in [-0.4, -0.2) is 67.5 Å². The Morgan fingerprint density at radius 1 is 1.11 bits per heavy atom. The fraction of sp³-hybridized carbons (Fsp3) is 0.269. The number of nitrogens with one attached hydrogen (secondary N) is 3. The second-order valence-electron chi connectivity index (χ2n) is 8.45. The van der Waals surface area contributed by atoms with Crippen LogP contribution in [0.3, 0.4) is 0 Å². The van der Waals surface area contributed by atoms with Crippen molar-refractivity contribution in [2.75, 3.05) is 49.6 Å². The summed E-state index contributed by atoms with van der Waals surface area (Å²) < 4.78 is 11.3. The van der Waals surface area contributed by atoms with Crippen molar-refractivity contribution in [3.63, 3.8) is 0 Å². The van der Waals surface area contributed by atoms with Crippen LogP contribution in [0.15, 0.2) is 60.7 Å². The minimum Gasteiger partial charge on any atom is -0.477 e. The van der Waals surface area contributed by atoms with Gasteiger partial charge in [0.25, 0.3) is 0 Å². The molecule has 5 rings (SSSR count). The third-order valence-electron chi connectivity index (χ3n) is 6.09. The molecule has 3 aromatic rings. The number of rotatable bonds is 7. The summed E-state index contributed by atoms with van der Waals surface area (Å²) >= 11 is 0. The van der Waals surface area contributed by atoms with E-state index in [1.165, 1.54) is 6.07 Å². The quantitative estimate of drug-likeness (QED) is 0.305. The van der Waals surface area contributed by atoms with Gasteiger partial charge in [-0.2, -0.15) is 0 Å². The predicted octanol–water partition coefficient (Wildman–Crippen LogP) is 3.34. The highest BCUT2D eigenvalue weighted by Gasteiger charge is 2.26. The molecule has 0 unspecified atom stereocenters. The van der Waals surface area contributed by atoms with Gasteiger partial charge in [0.15, 0.2) is 5.69 Å². The molecule has 9 heteroatoms. The molecule has 2 aliphatic heterocycles. The molecule has 9 nitrogen and oxygen atoms in total. The number of anilines is 3. The third kappa shape index (κ3) is 5.11. The minimum atomic E-state index is -1.14. The molecule has 0 radical (unpaired) electrons. The van der Waals surface area contributed by atoms with Gasteiger partial charge in [0.1, 0.15) is 11.9 Å². The first-order valence-corrected chi connectivity index (χ1v) is 11.6. The maximum absolute atomic E-state index is 12.0. The molecular formula is C26H27N5O4. The van der Waals surface area contributed by atoms with Crippen molar-refractivity contribution >= 4 is 29.1 Å². The Labute approximate surface area is 203 Å². The van der Waals surface area contributed by atoms with E-state index in [1.807, 2.05) is 54.6 Å². The van der Waals surface area contributed by atoms with E-state index < -0.39 is 5.97 Å². The van der Waals surface area contributed by atoms with Crippen molar-refractivity contribution in [3.8, 4) is 11.1 Å². The molecule has 0 atom stereocenters. The molecular weight excluding hydrogens is 446 g/mol. The molecule has 1 aromatic heterocycles. The summed E-state index contributed by atoms with van der Waals surface area (Å²) in [6, 6.07) is 18.8. The zero-order valence-corrected chi connectivity index (χ0v) is 19.2. The highest BCUT2D eigenvalue weighted by atomic mass is 16.5. The largest absolute Gasteiger partial charge is 0.477 e. The number of para-hydroxylation sites is 1. The smallest absolute Gasteiger partial charge is 0.354 e. The average Bonchev–Trinajstić information content (AvgIpc) is 2.87. The number of pyridine rings is 1. The summed E-state index contributed by atoms with van der Waals surface area (Å²) in [6.07, 6.45) is -0.109. The summed E-state index contributed by atoms with van der Waals surface area (Å²) in [4.78, 5) is 18.6. The minimum absolute atomic E-state index is 0.0494. The SMILES string of the molecule is N=C(OC1CNC1)c1c(-c2ccc(N3CCOCC3)cc2)cc(C(=O)O)nc1Nc1ccccc1. The molecule has 0 amide bonds. The molecule has 3 heterocycles. The van der Waals surface area contributed by atoms with Gasteiger partial charge in [-0.05, 0) is 35.9 Å². The van der Waals surface area contributed by atoms with Gasteiger partial charge in [-0.1, -0.05) is 30.3 Å². The van der Waals surface area contributed by atoms with E-state index >= 15 is 0 Å². The standard InChI is InChI=1S/C26H27N5O4/c27-24(35-20-15-28-16-20)23-21(17-6-8-19(9-7-17)31-10-12-34-13-11-31)14-22(26(32)33)30-25(23)29-18-4-2-1-3-5-18/h1-9,14,20,27-28H,10-13,15-16H2,(H,29,30)(H,32,33). The molecule has 0 saturated carbocycles. The molecule has 180 valence electrons. The van der Waals surface area contributed by atoms with E-state index in [4.69, 9.17) is 14.9 Å². The number of carboxylic acids is 1. The number of carbonyl (C=O) groups is 1. The summed E-state index contributed by atoms with van der Waals surface area (Å²) in [6.45, 7) is 4.35. The van der Waals surface area contributed by atoms with Crippen LogP contribution in [0.4, 0.5) is 17.2 Å². The Balaban J connectivity index is 1.58. The van der Waals surface area contributed by atoms with Crippen molar-refractivity contribution < 1.29 is 19.4 Å². The molecule has 2 aromatic carbocycles. The van der Waals surface area contributed by atoms with Crippen LogP contribution in [0.25, 0.3) is 11.1 Å². The van der Waals surface area contributed by atoms with Gasteiger partial charge in [-0.3, -0.25) is 5.41 Å².